The van der Waals surface area contributed by atoms with Crippen LogP contribution in [0.3, 0.4) is 0 Å². The number of fused-ring (bicyclic) bond motifs is 1. The molecule has 3 aromatic rings. The highest BCUT2D eigenvalue weighted by atomic mass is 32.1. The first-order chi connectivity index (χ1) is 14.8. The highest BCUT2D eigenvalue weighted by Crippen LogP contribution is 2.37. The van der Waals surface area contributed by atoms with Gasteiger partial charge < -0.3 is 19.1 Å². The Balaban J connectivity index is 1.23. The molecule has 0 spiro atoms. The third-order valence-corrected chi connectivity index (χ3v) is 6.41. The number of para-hydroxylation sites is 1. The summed E-state index contributed by atoms with van der Waals surface area (Å²) in [6, 6.07) is 15.6. The number of aromatic nitrogens is 1. The Kier molecular flexibility index (Phi) is 5.27. The van der Waals surface area contributed by atoms with Crippen LogP contribution in [0.4, 0.5) is 0 Å². The lowest BCUT2D eigenvalue weighted by atomic mass is 9.99. The van der Waals surface area contributed by atoms with Crippen LogP contribution in [0.25, 0.3) is 10.6 Å². The van der Waals surface area contributed by atoms with Crippen molar-refractivity contribution in [3.05, 3.63) is 59.6 Å². The van der Waals surface area contributed by atoms with Crippen LogP contribution in [0.15, 0.2) is 54.7 Å². The number of rotatable bonds is 5. The van der Waals surface area contributed by atoms with Gasteiger partial charge in [0.25, 0.3) is 5.91 Å². The van der Waals surface area contributed by atoms with Gasteiger partial charge in [0.15, 0.2) is 11.5 Å². The van der Waals surface area contributed by atoms with Crippen molar-refractivity contribution in [2.75, 3.05) is 26.5 Å². The van der Waals surface area contributed by atoms with Crippen LogP contribution in [-0.2, 0) is 0 Å². The lowest BCUT2D eigenvalue weighted by molar-refractivity contribution is 0.0638. The molecular weight excluding hydrogens is 400 g/mol. The molecule has 0 aliphatic carbocycles. The van der Waals surface area contributed by atoms with Gasteiger partial charge in [-0.15, -0.1) is 11.3 Å². The number of piperidine rings is 1. The molecule has 0 N–H and O–H groups in total. The number of ether oxygens (including phenoxy) is 3. The minimum Gasteiger partial charge on any atom is -0.493 e. The standard InChI is InChI=1S/C23H22N2O4S/c26-23(25-10-4-5-16(13-25)14-27-18-6-2-1-3-7-18)21-12-24-22(30-21)17-8-9-19-20(11-17)29-15-28-19/h1-3,6-9,11-12,16H,4-5,10,13-15H2. The van der Waals surface area contributed by atoms with Crippen LogP contribution in [0.5, 0.6) is 17.2 Å². The van der Waals surface area contributed by atoms with E-state index in [9.17, 15) is 4.79 Å². The van der Waals surface area contributed by atoms with E-state index < -0.39 is 0 Å². The van der Waals surface area contributed by atoms with Gasteiger partial charge in [-0.2, -0.15) is 0 Å². The average Bonchev–Trinajstić information content (AvgIpc) is 3.47. The van der Waals surface area contributed by atoms with E-state index in [2.05, 4.69) is 4.98 Å². The molecule has 5 rings (SSSR count). The maximum atomic E-state index is 13.1. The van der Waals surface area contributed by atoms with Crippen LogP contribution < -0.4 is 14.2 Å². The van der Waals surface area contributed by atoms with Crippen molar-refractivity contribution in [1.29, 1.82) is 0 Å². The summed E-state index contributed by atoms with van der Waals surface area (Å²) in [5.41, 5.74) is 0.927. The molecular formula is C23H22N2O4S. The van der Waals surface area contributed by atoms with Crippen molar-refractivity contribution in [1.82, 2.24) is 9.88 Å². The van der Waals surface area contributed by atoms with E-state index in [0.717, 1.165) is 41.5 Å². The second-order valence-corrected chi connectivity index (χ2v) is 8.51. The van der Waals surface area contributed by atoms with E-state index in [4.69, 9.17) is 14.2 Å². The summed E-state index contributed by atoms with van der Waals surface area (Å²) in [5, 5.41) is 0.803. The lowest BCUT2D eigenvalue weighted by Gasteiger charge is -2.32. The first-order valence-electron chi connectivity index (χ1n) is 10.1. The fraction of sp³-hybridized carbons (Fsp3) is 0.304. The second-order valence-electron chi connectivity index (χ2n) is 7.48. The van der Waals surface area contributed by atoms with Crippen LogP contribution >= 0.6 is 11.3 Å². The Morgan fingerprint density at radius 3 is 2.93 bits per heavy atom. The molecule has 2 aliphatic rings. The molecule has 2 aliphatic heterocycles. The minimum absolute atomic E-state index is 0.0453. The zero-order valence-electron chi connectivity index (χ0n) is 16.5. The normalized spacial score (nSPS) is 17.7. The summed E-state index contributed by atoms with van der Waals surface area (Å²) in [7, 11) is 0. The third kappa shape index (κ3) is 3.98. The first-order valence-corrected chi connectivity index (χ1v) is 10.9. The zero-order valence-corrected chi connectivity index (χ0v) is 17.3. The monoisotopic (exact) mass is 422 g/mol. The molecule has 1 amide bonds. The average molecular weight is 423 g/mol. The summed E-state index contributed by atoms with van der Waals surface area (Å²) >= 11 is 1.41. The maximum Gasteiger partial charge on any atom is 0.265 e. The highest BCUT2D eigenvalue weighted by Gasteiger charge is 2.26. The summed E-state index contributed by atoms with van der Waals surface area (Å²) < 4.78 is 16.7. The fourth-order valence-electron chi connectivity index (χ4n) is 3.81. The lowest BCUT2D eigenvalue weighted by Crippen LogP contribution is -2.41. The van der Waals surface area contributed by atoms with Gasteiger partial charge in [-0.25, -0.2) is 4.98 Å². The molecule has 30 heavy (non-hydrogen) atoms. The molecule has 6 nitrogen and oxygen atoms in total. The van der Waals surface area contributed by atoms with Gasteiger partial charge in [0.2, 0.25) is 6.79 Å². The predicted octanol–water partition coefficient (Wildman–Crippen LogP) is 4.47. The number of nitrogens with zero attached hydrogens (tertiary/aromatic N) is 2. The number of carbonyl (C=O) groups is 1. The van der Waals surface area contributed by atoms with E-state index in [-0.39, 0.29) is 12.7 Å². The third-order valence-electron chi connectivity index (χ3n) is 5.37. The van der Waals surface area contributed by atoms with Crippen LogP contribution in [0, 0.1) is 5.92 Å². The molecule has 1 atom stereocenters. The molecule has 154 valence electrons. The molecule has 1 fully saturated rings. The van der Waals surface area contributed by atoms with E-state index in [1.807, 2.05) is 53.4 Å². The Bertz CT molecular complexity index is 1040. The van der Waals surface area contributed by atoms with Crippen molar-refractivity contribution in [3.8, 4) is 27.8 Å². The largest absolute Gasteiger partial charge is 0.493 e. The smallest absolute Gasteiger partial charge is 0.265 e. The van der Waals surface area contributed by atoms with Crippen LogP contribution in [0.2, 0.25) is 0 Å². The molecule has 3 heterocycles. The molecule has 1 unspecified atom stereocenters. The van der Waals surface area contributed by atoms with E-state index in [1.165, 1.54) is 11.3 Å². The van der Waals surface area contributed by atoms with Gasteiger partial charge >= 0.3 is 0 Å². The van der Waals surface area contributed by atoms with Crippen molar-refractivity contribution in [2.24, 2.45) is 5.92 Å². The number of benzene rings is 2. The Morgan fingerprint density at radius 2 is 2.03 bits per heavy atom. The number of likely N-dealkylation sites (tertiary alicyclic amines) is 1. The van der Waals surface area contributed by atoms with Gasteiger partial charge in [0.05, 0.1) is 12.8 Å². The van der Waals surface area contributed by atoms with E-state index in [1.54, 1.807) is 6.20 Å². The van der Waals surface area contributed by atoms with E-state index >= 15 is 0 Å². The summed E-state index contributed by atoms with van der Waals surface area (Å²) in [4.78, 5) is 20.1. The van der Waals surface area contributed by atoms with Gasteiger partial charge in [-0.1, -0.05) is 18.2 Å². The Hall–Kier alpha value is -3.06. The topological polar surface area (TPSA) is 60.9 Å². The molecule has 1 aromatic heterocycles. The molecule has 2 aromatic carbocycles. The van der Waals surface area contributed by atoms with E-state index in [0.29, 0.717) is 29.7 Å². The van der Waals surface area contributed by atoms with Gasteiger partial charge in [-0.05, 0) is 43.2 Å². The summed E-state index contributed by atoms with van der Waals surface area (Å²) in [6.45, 7) is 2.35. The van der Waals surface area contributed by atoms with Crippen molar-refractivity contribution >= 4 is 17.2 Å². The fourth-order valence-corrected chi connectivity index (χ4v) is 4.69. The minimum atomic E-state index is 0.0453. The number of thiazole rings is 1. The Labute approximate surface area is 179 Å². The molecule has 0 bridgehead atoms. The van der Waals surface area contributed by atoms with Gasteiger partial charge in [0.1, 0.15) is 15.6 Å². The quantitative estimate of drug-likeness (QED) is 0.607. The summed E-state index contributed by atoms with van der Waals surface area (Å²) in [5.74, 6) is 2.71. The highest BCUT2D eigenvalue weighted by molar-refractivity contribution is 7.16. The van der Waals surface area contributed by atoms with Crippen molar-refractivity contribution < 1.29 is 19.0 Å². The van der Waals surface area contributed by atoms with Gasteiger partial charge in [0, 0.05) is 24.6 Å². The van der Waals surface area contributed by atoms with Crippen molar-refractivity contribution in [3.63, 3.8) is 0 Å². The first kappa shape index (κ1) is 18.9. The number of carbonyl (C=O) groups excluding carboxylic acids is 1. The SMILES string of the molecule is O=C(c1cnc(-c2ccc3c(c2)OCO3)s1)N1CCCC(COc2ccccc2)C1. The zero-order chi connectivity index (χ0) is 20.3. The number of hydrogen-bond acceptors (Lipinski definition) is 6. The molecule has 0 radical (unpaired) electrons. The number of hydrogen-bond donors (Lipinski definition) is 0. The summed E-state index contributed by atoms with van der Waals surface area (Å²) in [6.07, 6.45) is 3.74. The molecule has 1 saturated heterocycles. The Morgan fingerprint density at radius 1 is 1.17 bits per heavy atom. The van der Waals surface area contributed by atoms with Crippen LogP contribution in [0.1, 0.15) is 22.5 Å². The molecule has 7 heteroatoms. The van der Waals surface area contributed by atoms with Crippen LogP contribution in [-0.4, -0.2) is 42.3 Å². The second kappa shape index (κ2) is 8.36. The van der Waals surface area contributed by atoms with Crippen molar-refractivity contribution in [2.45, 2.75) is 12.8 Å². The molecule has 0 saturated carbocycles. The van der Waals surface area contributed by atoms with Gasteiger partial charge in [-0.3, -0.25) is 4.79 Å². The predicted molar refractivity (Wildman–Crippen MR) is 114 cm³/mol. The number of amides is 1. The maximum absolute atomic E-state index is 13.1.